The molecule has 1 amide bonds. The molecule has 28 heavy (non-hydrogen) atoms. The summed E-state index contributed by atoms with van der Waals surface area (Å²) in [6, 6.07) is 11.2. The zero-order chi connectivity index (χ0) is 19.8. The summed E-state index contributed by atoms with van der Waals surface area (Å²) in [6.07, 6.45) is 0. The van der Waals surface area contributed by atoms with E-state index >= 15 is 0 Å². The number of rotatable bonds is 5. The van der Waals surface area contributed by atoms with Crippen molar-refractivity contribution in [2.45, 2.75) is 0 Å². The molecule has 0 radical (unpaired) electrons. The van der Waals surface area contributed by atoms with Crippen LogP contribution in [0.4, 0.5) is 14.5 Å². The number of carbonyl (C=O) groups is 1. The molecule has 0 atom stereocenters. The number of amides is 1. The van der Waals surface area contributed by atoms with E-state index in [4.69, 9.17) is 4.74 Å². The highest BCUT2D eigenvalue weighted by Gasteiger charge is 2.12. The topological polar surface area (TPSA) is 66.0 Å². The summed E-state index contributed by atoms with van der Waals surface area (Å²) in [5.74, 6) is -1.24. The maximum Gasteiger partial charge on any atom is 0.258 e. The van der Waals surface area contributed by atoms with E-state index < -0.39 is 17.5 Å². The van der Waals surface area contributed by atoms with Crippen molar-refractivity contribution in [3.63, 3.8) is 0 Å². The van der Waals surface area contributed by atoms with Crippen molar-refractivity contribution in [3.05, 3.63) is 65.7 Å². The molecule has 0 aliphatic carbocycles. The zero-order valence-electron chi connectivity index (χ0n) is 15.3. The summed E-state index contributed by atoms with van der Waals surface area (Å²) in [4.78, 5) is 19.0. The second kappa shape index (κ2) is 9.91. The van der Waals surface area contributed by atoms with Crippen molar-refractivity contribution in [1.82, 2.24) is 10.2 Å². The van der Waals surface area contributed by atoms with Crippen LogP contribution >= 0.6 is 0 Å². The third-order valence-corrected chi connectivity index (χ3v) is 4.20. The maximum absolute atomic E-state index is 13.5. The van der Waals surface area contributed by atoms with Gasteiger partial charge < -0.3 is 10.1 Å². The van der Waals surface area contributed by atoms with Gasteiger partial charge in [0.15, 0.2) is 0 Å². The van der Waals surface area contributed by atoms with Gasteiger partial charge in [0, 0.05) is 30.9 Å². The van der Waals surface area contributed by atoms with Crippen LogP contribution in [-0.2, 0) is 4.74 Å². The van der Waals surface area contributed by atoms with Crippen LogP contribution in [0.3, 0.4) is 0 Å². The molecule has 2 aromatic rings. The number of nitrogens with one attached hydrogen (secondary N) is 2. The maximum atomic E-state index is 13.5. The van der Waals surface area contributed by atoms with Crippen molar-refractivity contribution in [1.29, 1.82) is 0 Å². The zero-order valence-corrected chi connectivity index (χ0v) is 15.3. The summed E-state index contributed by atoms with van der Waals surface area (Å²) in [5.41, 5.74) is 0.617. The molecule has 8 heteroatoms. The number of anilines is 1. The Morgan fingerprint density at radius 3 is 2.50 bits per heavy atom. The number of hydrogen-bond donors (Lipinski definition) is 2. The summed E-state index contributed by atoms with van der Waals surface area (Å²) in [7, 11) is 0. The van der Waals surface area contributed by atoms with Gasteiger partial charge in [-0.05, 0) is 36.4 Å². The lowest BCUT2D eigenvalue weighted by atomic mass is 10.2. The molecule has 1 aliphatic heterocycles. The monoisotopic (exact) mass is 388 g/mol. The molecule has 1 fully saturated rings. The van der Waals surface area contributed by atoms with Gasteiger partial charge in [0.25, 0.3) is 5.91 Å². The fourth-order valence-electron chi connectivity index (χ4n) is 2.75. The van der Waals surface area contributed by atoms with Gasteiger partial charge in [-0.25, -0.2) is 8.78 Å². The van der Waals surface area contributed by atoms with E-state index in [9.17, 15) is 13.6 Å². The quantitative estimate of drug-likeness (QED) is 0.610. The second-order valence-electron chi connectivity index (χ2n) is 6.28. The highest BCUT2D eigenvalue weighted by molar-refractivity contribution is 6.09. The molecule has 1 heterocycles. The Morgan fingerprint density at radius 1 is 1.07 bits per heavy atom. The molecule has 0 aromatic heterocycles. The number of aliphatic imine (C=N–C) groups is 1. The van der Waals surface area contributed by atoms with Crippen LogP contribution in [0, 0.1) is 11.6 Å². The fourth-order valence-corrected chi connectivity index (χ4v) is 2.75. The molecule has 148 valence electrons. The molecular weight excluding hydrogens is 366 g/mol. The van der Waals surface area contributed by atoms with Crippen LogP contribution in [0.2, 0.25) is 0 Å². The molecule has 3 rings (SSSR count). The predicted octanol–water partition coefficient (Wildman–Crippen LogP) is 2.49. The molecule has 0 bridgehead atoms. The largest absolute Gasteiger partial charge is 0.379 e. The number of benzene rings is 2. The molecule has 0 spiro atoms. The molecule has 1 aliphatic rings. The lowest BCUT2D eigenvalue weighted by Gasteiger charge is -2.25. The van der Waals surface area contributed by atoms with Crippen molar-refractivity contribution in [2.75, 3.05) is 44.7 Å². The van der Waals surface area contributed by atoms with Gasteiger partial charge >= 0.3 is 0 Å². The number of carbonyl (C=O) groups excluding carboxylic acids is 1. The normalized spacial score (nSPS) is 15.3. The number of guanidine groups is 1. The Morgan fingerprint density at radius 2 is 1.79 bits per heavy atom. The number of nitrogens with zero attached hydrogens (tertiary/aromatic N) is 2. The van der Waals surface area contributed by atoms with E-state index in [0.29, 0.717) is 32.0 Å². The first kappa shape index (κ1) is 19.9. The molecule has 0 saturated carbocycles. The van der Waals surface area contributed by atoms with Gasteiger partial charge in [0.05, 0.1) is 19.8 Å². The van der Waals surface area contributed by atoms with Crippen LogP contribution in [0.25, 0.3) is 0 Å². The average molecular weight is 388 g/mol. The van der Waals surface area contributed by atoms with Crippen LogP contribution in [-0.4, -0.2) is 56.2 Å². The third-order valence-electron chi connectivity index (χ3n) is 4.20. The Bertz CT molecular complexity index is 838. The van der Waals surface area contributed by atoms with Crippen molar-refractivity contribution in [3.8, 4) is 0 Å². The van der Waals surface area contributed by atoms with E-state index in [1.165, 1.54) is 30.3 Å². The first-order valence-corrected chi connectivity index (χ1v) is 9.04. The summed E-state index contributed by atoms with van der Waals surface area (Å²) in [6.45, 7) is 4.17. The minimum absolute atomic E-state index is 0.168. The summed E-state index contributed by atoms with van der Waals surface area (Å²) < 4.78 is 32.2. The van der Waals surface area contributed by atoms with Gasteiger partial charge in [-0.1, -0.05) is 12.1 Å². The number of halogens is 2. The molecule has 2 N–H and O–H groups in total. The van der Waals surface area contributed by atoms with E-state index in [0.717, 1.165) is 19.2 Å². The van der Waals surface area contributed by atoms with Crippen LogP contribution in [0.1, 0.15) is 10.4 Å². The lowest BCUT2D eigenvalue weighted by molar-refractivity contribution is 0.0394. The third kappa shape index (κ3) is 6.11. The Kier molecular flexibility index (Phi) is 7.05. The highest BCUT2D eigenvalue weighted by atomic mass is 19.1. The Balaban J connectivity index is 1.69. The number of morpholine rings is 1. The van der Waals surface area contributed by atoms with E-state index in [1.54, 1.807) is 12.1 Å². The minimum atomic E-state index is -0.506. The van der Waals surface area contributed by atoms with Crippen LogP contribution in [0.5, 0.6) is 0 Å². The number of ether oxygens (including phenoxy) is 1. The fraction of sp³-hybridized carbons (Fsp3) is 0.300. The van der Waals surface area contributed by atoms with Crippen LogP contribution < -0.4 is 10.6 Å². The van der Waals surface area contributed by atoms with Crippen molar-refractivity contribution >= 4 is 17.6 Å². The standard InChI is InChI=1S/C20H22F2N4O2/c21-16-4-1-3-15(13-16)19(27)25-20(24-18-6-2-5-17(22)14-18)23-7-8-26-9-11-28-12-10-26/h1-6,13-14H,7-12H2,(H2,23,24,25,27). The SMILES string of the molecule is O=C(NC(=NCCN1CCOCC1)Nc1cccc(F)c1)c1cccc(F)c1. The Labute approximate surface area is 162 Å². The molecule has 0 unspecified atom stereocenters. The number of hydrogen-bond acceptors (Lipinski definition) is 4. The lowest BCUT2D eigenvalue weighted by Crippen LogP contribution is -2.39. The van der Waals surface area contributed by atoms with Gasteiger partial charge in [-0.3, -0.25) is 20.0 Å². The first-order chi connectivity index (χ1) is 13.6. The van der Waals surface area contributed by atoms with Gasteiger partial charge in [0.1, 0.15) is 11.6 Å². The van der Waals surface area contributed by atoms with E-state index in [2.05, 4.69) is 20.5 Å². The van der Waals surface area contributed by atoms with Crippen molar-refractivity contribution < 1.29 is 18.3 Å². The molecule has 1 saturated heterocycles. The Hall–Kier alpha value is -2.84. The summed E-state index contributed by atoms with van der Waals surface area (Å²) >= 11 is 0. The highest BCUT2D eigenvalue weighted by Crippen LogP contribution is 2.09. The molecule has 6 nitrogen and oxygen atoms in total. The molecule has 2 aromatic carbocycles. The van der Waals surface area contributed by atoms with E-state index in [1.807, 2.05) is 0 Å². The molecular formula is C20H22F2N4O2. The predicted molar refractivity (Wildman–Crippen MR) is 103 cm³/mol. The minimum Gasteiger partial charge on any atom is -0.379 e. The second-order valence-corrected chi connectivity index (χ2v) is 6.28. The van der Waals surface area contributed by atoms with Gasteiger partial charge in [-0.2, -0.15) is 0 Å². The average Bonchev–Trinajstić information content (AvgIpc) is 2.69. The van der Waals surface area contributed by atoms with E-state index in [-0.39, 0.29) is 11.5 Å². The van der Waals surface area contributed by atoms with Crippen molar-refractivity contribution in [2.24, 2.45) is 4.99 Å². The van der Waals surface area contributed by atoms with Crippen LogP contribution in [0.15, 0.2) is 53.5 Å². The smallest absolute Gasteiger partial charge is 0.258 e. The van der Waals surface area contributed by atoms with Gasteiger partial charge in [0.2, 0.25) is 5.96 Å². The van der Waals surface area contributed by atoms with Gasteiger partial charge in [-0.15, -0.1) is 0 Å². The summed E-state index contributed by atoms with van der Waals surface area (Å²) in [5, 5.41) is 5.55. The first-order valence-electron chi connectivity index (χ1n) is 9.04.